The third-order valence-corrected chi connectivity index (χ3v) is 3.38. The molecule has 2 aromatic rings. The number of carbonyl (C=O) groups is 1. The van der Waals surface area contributed by atoms with Crippen LogP contribution in [0.5, 0.6) is 17.2 Å². The summed E-state index contributed by atoms with van der Waals surface area (Å²) < 4.78 is 4.95. The van der Waals surface area contributed by atoms with Gasteiger partial charge in [0, 0.05) is 5.56 Å². The number of aryl methyl sites for hydroxylation is 1. The molecule has 3 N–H and O–H groups in total. The molecule has 0 amide bonds. The van der Waals surface area contributed by atoms with E-state index in [2.05, 4.69) is 0 Å². The first-order valence-corrected chi connectivity index (χ1v) is 6.31. The molecule has 0 saturated carbocycles. The zero-order chi connectivity index (χ0) is 15.7. The lowest BCUT2D eigenvalue weighted by molar-refractivity contribution is 0.0692. The average Bonchev–Trinajstić information content (AvgIpc) is 2.38. The maximum atomic E-state index is 11.4. The van der Waals surface area contributed by atoms with Gasteiger partial charge in [-0.05, 0) is 25.0 Å². The van der Waals surface area contributed by atoms with E-state index < -0.39 is 11.7 Å². The Morgan fingerprint density at radius 3 is 2.33 bits per heavy atom. The van der Waals surface area contributed by atoms with Crippen molar-refractivity contribution in [2.75, 3.05) is 7.11 Å². The van der Waals surface area contributed by atoms with Crippen LogP contribution >= 0.6 is 0 Å². The lowest BCUT2D eigenvalue weighted by Gasteiger charge is -2.17. The molecule has 5 nitrogen and oxygen atoms in total. The number of methoxy groups -OCH3 is 1. The highest BCUT2D eigenvalue weighted by Gasteiger charge is 2.26. The summed E-state index contributed by atoms with van der Waals surface area (Å²) in [6.45, 7) is 3.44. The van der Waals surface area contributed by atoms with Crippen molar-refractivity contribution in [2.24, 2.45) is 0 Å². The molecule has 0 saturated heterocycles. The Labute approximate surface area is 122 Å². The first-order valence-electron chi connectivity index (χ1n) is 6.31. The van der Waals surface area contributed by atoms with Crippen molar-refractivity contribution in [1.29, 1.82) is 0 Å². The Kier molecular flexibility index (Phi) is 3.76. The van der Waals surface area contributed by atoms with Gasteiger partial charge in [0.05, 0.1) is 7.11 Å². The summed E-state index contributed by atoms with van der Waals surface area (Å²) in [5.41, 5.74) is 1.97. The van der Waals surface area contributed by atoms with Crippen LogP contribution in [0.15, 0.2) is 24.3 Å². The van der Waals surface area contributed by atoms with Gasteiger partial charge >= 0.3 is 5.97 Å². The number of aromatic carboxylic acids is 1. The topological polar surface area (TPSA) is 87.0 Å². The van der Waals surface area contributed by atoms with E-state index in [1.54, 1.807) is 13.0 Å². The molecular formula is C16H16O5. The molecular weight excluding hydrogens is 272 g/mol. The van der Waals surface area contributed by atoms with E-state index in [-0.39, 0.29) is 22.6 Å². The van der Waals surface area contributed by atoms with Gasteiger partial charge in [0.25, 0.3) is 0 Å². The van der Waals surface area contributed by atoms with Crippen molar-refractivity contribution in [3.63, 3.8) is 0 Å². The number of hydrogen-bond donors (Lipinski definition) is 3. The average molecular weight is 288 g/mol. The van der Waals surface area contributed by atoms with Crippen LogP contribution in [0, 0.1) is 13.8 Å². The van der Waals surface area contributed by atoms with E-state index in [4.69, 9.17) is 4.74 Å². The molecule has 0 radical (unpaired) electrons. The van der Waals surface area contributed by atoms with Crippen LogP contribution in [-0.2, 0) is 0 Å². The van der Waals surface area contributed by atoms with Crippen molar-refractivity contribution in [1.82, 2.24) is 0 Å². The van der Waals surface area contributed by atoms with E-state index in [9.17, 15) is 20.1 Å². The number of benzene rings is 2. The Bertz CT molecular complexity index is 719. The summed E-state index contributed by atoms with van der Waals surface area (Å²) >= 11 is 0. The van der Waals surface area contributed by atoms with Gasteiger partial charge in [-0.2, -0.15) is 0 Å². The monoisotopic (exact) mass is 288 g/mol. The van der Waals surface area contributed by atoms with Crippen LogP contribution in [0.3, 0.4) is 0 Å². The second-order valence-electron chi connectivity index (χ2n) is 4.78. The standard InChI is InChI=1S/C16H16O5/c1-8-5-4-6-10(7-8)11-9(2)12(16(19)20)14(18)15(21-3)13(11)17/h4-7,17-18H,1-3H3,(H,19,20). The molecule has 5 heteroatoms. The molecule has 2 aromatic carbocycles. The zero-order valence-corrected chi connectivity index (χ0v) is 12.0. The molecule has 0 spiro atoms. The van der Waals surface area contributed by atoms with Crippen molar-refractivity contribution in [3.05, 3.63) is 41.0 Å². The van der Waals surface area contributed by atoms with Crippen molar-refractivity contribution in [2.45, 2.75) is 13.8 Å². The van der Waals surface area contributed by atoms with Crippen LogP contribution < -0.4 is 4.74 Å². The summed E-state index contributed by atoms with van der Waals surface area (Å²) in [4.78, 5) is 11.4. The minimum atomic E-state index is -1.28. The molecule has 0 fully saturated rings. The highest BCUT2D eigenvalue weighted by Crippen LogP contribution is 2.48. The largest absolute Gasteiger partial charge is 0.504 e. The molecule has 0 aliphatic carbocycles. The molecule has 110 valence electrons. The van der Waals surface area contributed by atoms with E-state index in [0.29, 0.717) is 11.1 Å². The minimum absolute atomic E-state index is 0.241. The van der Waals surface area contributed by atoms with Crippen LogP contribution in [0.25, 0.3) is 11.1 Å². The van der Waals surface area contributed by atoms with Crippen molar-refractivity contribution < 1.29 is 24.9 Å². The normalized spacial score (nSPS) is 10.4. The second kappa shape index (κ2) is 5.36. The van der Waals surface area contributed by atoms with Gasteiger partial charge < -0.3 is 20.1 Å². The van der Waals surface area contributed by atoms with Crippen LogP contribution in [0.2, 0.25) is 0 Å². The SMILES string of the molecule is COc1c(O)c(C(=O)O)c(C)c(-c2cccc(C)c2)c1O. The lowest BCUT2D eigenvalue weighted by Crippen LogP contribution is -2.04. The first kappa shape index (κ1) is 14.7. The Morgan fingerprint density at radius 1 is 1.14 bits per heavy atom. The number of phenols is 2. The maximum absolute atomic E-state index is 11.4. The molecule has 0 aliphatic rings. The quantitative estimate of drug-likeness (QED) is 0.808. The summed E-state index contributed by atoms with van der Waals surface area (Å²) in [7, 11) is 1.26. The predicted molar refractivity (Wildman–Crippen MR) is 78.2 cm³/mol. The maximum Gasteiger partial charge on any atom is 0.339 e. The van der Waals surface area contributed by atoms with E-state index in [1.165, 1.54) is 7.11 Å². The lowest BCUT2D eigenvalue weighted by atomic mass is 9.93. The van der Waals surface area contributed by atoms with Gasteiger partial charge in [0.2, 0.25) is 5.75 Å². The zero-order valence-electron chi connectivity index (χ0n) is 12.0. The fourth-order valence-electron chi connectivity index (χ4n) is 2.43. The molecule has 0 aliphatic heterocycles. The summed E-state index contributed by atoms with van der Waals surface area (Å²) in [5.74, 6) is -2.37. The van der Waals surface area contributed by atoms with Crippen molar-refractivity contribution >= 4 is 5.97 Å². The molecule has 0 heterocycles. The van der Waals surface area contributed by atoms with Gasteiger partial charge in [-0.15, -0.1) is 0 Å². The summed E-state index contributed by atoms with van der Waals surface area (Å²) in [6, 6.07) is 7.29. The summed E-state index contributed by atoms with van der Waals surface area (Å²) in [6.07, 6.45) is 0. The Morgan fingerprint density at radius 2 is 1.81 bits per heavy atom. The number of phenolic OH excluding ortho intramolecular Hbond substituents is 1. The van der Waals surface area contributed by atoms with Crippen LogP contribution in [-0.4, -0.2) is 28.4 Å². The van der Waals surface area contributed by atoms with Gasteiger partial charge in [-0.3, -0.25) is 0 Å². The van der Waals surface area contributed by atoms with E-state index in [1.807, 2.05) is 25.1 Å². The first-order chi connectivity index (χ1) is 9.88. The van der Waals surface area contributed by atoms with Gasteiger partial charge in [0.1, 0.15) is 5.56 Å². The minimum Gasteiger partial charge on any atom is -0.504 e. The molecule has 0 unspecified atom stereocenters. The molecule has 21 heavy (non-hydrogen) atoms. The third kappa shape index (κ3) is 2.38. The molecule has 2 rings (SSSR count). The van der Waals surface area contributed by atoms with Gasteiger partial charge in [-0.25, -0.2) is 4.79 Å². The van der Waals surface area contributed by atoms with Gasteiger partial charge in [-0.1, -0.05) is 29.8 Å². The van der Waals surface area contributed by atoms with Crippen LogP contribution in [0.1, 0.15) is 21.5 Å². The highest BCUT2D eigenvalue weighted by atomic mass is 16.5. The van der Waals surface area contributed by atoms with E-state index >= 15 is 0 Å². The van der Waals surface area contributed by atoms with Crippen molar-refractivity contribution in [3.8, 4) is 28.4 Å². The smallest absolute Gasteiger partial charge is 0.339 e. The fourth-order valence-corrected chi connectivity index (χ4v) is 2.43. The number of rotatable bonds is 3. The number of carboxylic acids is 1. The second-order valence-corrected chi connectivity index (χ2v) is 4.78. The summed E-state index contributed by atoms with van der Waals surface area (Å²) in [5, 5.41) is 29.6. The van der Waals surface area contributed by atoms with Crippen LogP contribution in [0.4, 0.5) is 0 Å². The molecule has 0 atom stereocenters. The number of carboxylic acid groups (broad SMARTS) is 1. The Hall–Kier alpha value is -2.69. The number of aromatic hydroxyl groups is 2. The number of ether oxygens (including phenoxy) is 1. The third-order valence-electron chi connectivity index (χ3n) is 3.38. The number of hydrogen-bond acceptors (Lipinski definition) is 4. The fraction of sp³-hybridized carbons (Fsp3) is 0.188. The predicted octanol–water partition coefficient (Wildman–Crippen LogP) is 3.09. The molecule has 0 aromatic heterocycles. The van der Waals surface area contributed by atoms with E-state index in [0.717, 1.165) is 5.56 Å². The molecule has 0 bridgehead atoms. The van der Waals surface area contributed by atoms with Gasteiger partial charge in [0.15, 0.2) is 11.5 Å². The Balaban J connectivity index is 2.89. The highest BCUT2D eigenvalue weighted by molar-refractivity contribution is 5.98.